The number of carboxylic acid groups (broad SMARTS) is 1. The first-order chi connectivity index (χ1) is 14.6. The molecule has 3 saturated carbocycles. The summed E-state index contributed by atoms with van der Waals surface area (Å²) >= 11 is 0. The van der Waals surface area contributed by atoms with Gasteiger partial charge < -0.3 is 5.11 Å². The average molecular weight is 429 g/mol. The molecule has 0 saturated heterocycles. The highest BCUT2D eigenvalue weighted by Crippen LogP contribution is 2.66. The van der Waals surface area contributed by atoms with E-state index >= 15 is 0 Å². The Hall–Kier alpha value is -1.45. The van der Waals surface area contributed by atoms with Gasteiger partial charge in [-0.3, -0.25) is 14.4 Å². The average Bonchev–Trinajstić information content (AvgIpc) is 2.98. The van der Waals surface area contributed by atoms with E-state index in [9.17, 15) is 14.4 Å². The first kappa shape index (κ1) is 22.7. The van der Waals surface area contributed by atoms with Crippen LogP contribution in [0.2, 0.25) is 0 Å². The summed E-state index contributed by atoms with van der Waals surface area (Å²) in [6.45, 7) is 8.77. The number of carbonyl (C=O) groups is 3. The second kappa shape index (κ2) is 8.15. The van der Waals surface area contributed by atoms with Crippen molar-refractivity contribution in [3.63, 3.8) is 0 Å². The molecule has 172 valence electrons. The van der Waals surface area contributed by atoms with Crippen molar-refractivity contribution in [2.24, 2.45) is 46.3 Å². The number of rotatable bonds is 6. The molecule has 0 aromatic heterocycles. The van der Waals surface area contributed by atoms with Crippen LogP contribution in [-0.4, -0.2) is 22.6 Å². The fraction of sp³-hybridized carbons (Fsp3) is 0.815. The van der Waals surface area contributed by atoms with Crippen molar-refractivity contribution in [3.8, 4) is 0 Å². The molecule has 8 unspecified atom stereocenters. The zero-order valence-corrected chi connectivity index (χ0v) is 19.8. The van der Waals surface area contributed by atoms with E-state index in [4.69, 9.17) is 5.11 Å². The normalized spacial score (nSPS) is 41.6. The van der Waals surface area contributed by atoms with E-state index in [0.717, 1.165) is 38.5 Å². The highest BCUT2D eigenvalue weighted by atomic mass is 16.4. The number of hydrogen-bond acceptors (Lipinski definition) is 3. The van der Waals surface area contributed by atoms with E-state index in [1.165, 1.54) is 12.0 Å². The number of carboxylic acids is 1. The smallest absolute Gasteiger partial charge is 0.306 e. The van der Waals surface area contributed by atoms with E-state index in [0.29, 0.717) is 54.5 Å². The van der Waals surface area contributed by atoms with Gasteiger partial charge in [0.05, 0.1) is 5.92 Å². The third-order valence-electron chi connectivity index (χ3n) is 10.1. The monoisotopic (exact) mass is 428 g/mol. The Kier molecular flexibility index (Phi) is 5.98. The van der Waals surface area contributed by atoms with Gasteiger partial charge >= 0.3 is 5.97 Å². The predicted molar refractivity (Wildman–Crippen MR) is 120 cm³/mol. The summed E-state index contributed by atoms with van der Waals surface area (Å²) < 4.78 is 0. The van der Waals surface area contributed by atoms with Gasteiger partial charge in [0, 0.05) is 25.2 Å². The van der Waals surface area contributed by atoms with E-state index in [1.54, 1.807) is 6.92 Å². The molecule has 4 rings (SSSR count). The number of ketones is 2. The van der Waals surface area contributed by atoms with Crippen LogP contribution in [0.3, 0.4) is 0 Å². The van der Waals surface area contributed by atoms with E-state index < -0.39 is 5.97 Å². The van der Waals surface area contributed by atoms with E-state index in [1.807, 2.05) is 0 Å². The van der Waals surface area contributed by atoms with Crippen LogP contribution in [0, 0.1) is 46.3 Å². The maximum Gasteiger partial charge on any atom is 0.306 e. The van der Waals surface area contributed by atoms with E-state index in [2.05, 4.69) is 26.8 Å². The minimum absolute atomic E-state index is 0.0717. The maximum atomic E-state index is 13.3. The second-order valence-electron chi connectivity index (χ2n) is 11.8. The number of hydrogen-bond donors (Lipinski definition) is 1. The third-order valence-corrected chi connectivity index (χ3v) is 10.1. The fourth-order valence-corrected chi connectivity index (χ4v) is 8.31. The molecule has 0 heterocycles. The first-order valence-corrected chi connectivity index (χ1v) is 12.5. The van der Waals surface area contributed by atoms with E-state index in [-0.39, 0.29) is 22.7 Å². The van der Waals surface area contributed by atoms with Crippen LogP contribution in [0.1, 0.15) is 91.9 Å². The molecule has 0 aliphatic heterocycles. The van der Waals surface area contributed by atoms with Gasteiger partial charge in [-0.25, -0.2) is 0 Å². The van der Waals surface area contributed by atoms with Crippen LogP contribution in [-0.2, 0) is 14.4 Å². The second-order valence-corrected chi connectivity index (χ2v) is 11.8. The summed E-state index contributed by atoms with van der Waals surface area (Å²) in [6, 6.07) is 0. The fourth-order valence-electron chi connectivity index (χ4n) is 8.31. The SMILES string of the molecule is CC(CCCC(C)C1C(=O)CC2C3CC=C4CC(=O)CCC4(C)C3CCC21C)C(=O)O. The van der Waals surface area contributed by atoms with Crippen molar-refractivity contribution < 1.29 is 19.5 Å². The minimum atomic E-state index is -0.724. The topological polar surface area (TPSA) is 71.4 Å². The van der Waals surface area contributed by atoms with Crippen LogP contribution in [0.4, 0.5) is 0 Å². The lowest BCUT2D eigenvalue weighted by molar-refractivity contribution is -0.141. The number of allylic oxidation sites excluding steroid dienone is 2. The minimum Gasteiger partial charge on any atom is -0.481 e. The summed E-state index contributed by atoms with van der Waals surface area (Å²) in [4.78, 5) is 36.5. The zero-order valence-electron chi connectivity index (χ0n) is 19.8. The van der Waals surface area contributed by atoms with Crippen LogP contribution in [0.5, 0.6) is 0 Å². The molecular formula is C27H40O4. The molecule has 4 aliphatic rings. The first-order valence-electron chi connectivity index (χ1n) is 12.5. The van der Waals surface area contributed by atoms with Gasteiger partial charge in [-0.1, -0.05) is 45.8 Å². The van der Waals surface area contributed by atoms with Gasteiger partial charge in [0.1, 0.15) is 11.6 Å². The summed E-state index contributed by atoms with van der Waals surface area (Å²) in [5.41, 5.74) is 1.61. The Morgan fingerprint density at radius 1 is 1.16 bits per heavy atom. The van der Waals surface area contributed by atoms with Crippen molar-refractivity contribution >= 4 is 17.5 Å². The number of fused-ring (bicyclic) bond motifs is 5. The summed E-state index contributed by atoms with van der Waals surface area (Å²) in [6.07, 6.45) is 11.3. The van der Waals surface area contributed by atoms with Crippen LogP contribution in [0.15, 0.2) is 11.6 Å². The molecule has 4 nitrogen and oxygen atoms in total. The van der Waals surface area contributed by atoms with Crippen LogP contribution < -0.4 is 0 Å². The Morgan fingerprint density at radius 3 is 2.61 bits per heavy atom. The molecular weight excluding hydrogens is 388 g/mol. The molecule has 0 radical (unpaired) electrons. The van der Waals surface area contributed by atoms with Gasteiger partial charge in [0.15, 0.2) is 0 Å². The van der Waals surface area contributed by atoms with Gasteiger partial charge in [-0.2, -0.15) is 0 Å². The molecule has 0 aromatic rings. The molecule has 31 heavy (non-hydrogen) atoms. The number of carbonyl (C=O) groups excluding carboxylic acids is 2. The molecule has 8 atom stereocenters. The lowest BCUT2D eigenvalue weighted by Crippen LogP contribution is -2.50. The van der Waals surface area contributed by atoms with Gasteiger partial charge in [0.2, 0.25) is 0 Å². The molecule has 1 N–H and O–H groups in total. The standard InChI is InChI=1S/C27H40O4/c1-16(6-5-7-17(2)25(30)31)24-23(29)15-22-20-9-8-18-14-19(28)10-12-26(18,3)21(20)11-13-27(22,24)4/h8,16-17,20-22,24H,5-7,9-15H2,1-4H3,(H,30,31). The molecule has 0 amide bonds. The third kappa shape index (κ3) is 3.72. The molecule has 0 bridgehead atoms. The van der Waals surface area contributed by atoms with Crippen LogP contribution in [0.25, 0.3) is 0 Å². The Bertz CT molecular complexity index is 797. The van der Waals surface area contributed by atoms with Gasteiger partial charge in [0.25, 0.3) is 0 Å². The lowest BCUT2D eigenvalue weighted by atomic mass is 9.47. The Morgan fingerprint density at radius 2 is 1.90 bits per heavy atom. The highest BCUT2D eigenvalue weighted by Gasteiger charge is 2.61. The van der Waals surface area contributed by atoms with Crippen LogP contribution >= 0.6 is 0 Å². The maximum absolute atomic E-state index is 13.3. The van der Waals surface area contributed by atoms with Crippen molar-refractivity contribution in [2.45, 2.75) is 91.9 Å². The molecule has 3 fully saturated rings. The number of aliphatic carboxylic acids is 1. The van der Waals surface area contributed by atoms with Gasteiger partial charge in [-0.15, -0.1) is 0 Å². The summed E-state index contributed by atoms with van der Waals surface area (Å²) in [7, 11) is 0. The number of Topliss-reactive ketones (excluding diaryl/α,β-unsaturated/α-hetero) is 2. The lowest BCUT2D eigenvalue weighted by Gasteiger charge is -2.57. The highest BCUT2D eigenvalue weighted by molar-refractivity contribution is 5.85. The Balaban J connectivity index is 1.50. The Labute approximate surface area is 187 Å². The molecule has 4 heteroatoms. The molecule has 0 spiro atoms. The van der Waals surface area contributed by atoms with Crippen molar-refractivity contribution in [1.29, 1.82) is 0 Å². The summed E-state index contributed by atoms with van der Waals surface area (Å²) in [5, 5.41) is 9.15. The van der Waals surface area contributed by atoms with Crippen molar-refractivity contribution in [1.82, 2.24) is 0 Å². The molecule has 4 aliphatic carbocycles. The van der Waals surface area contributed by atoms with Gasteiger partial charge in [-0.05, 0) is 73.0 Å². The van der Waals surface area contributed by atoms with Crippen molar-refractivity contribution in [3.05, 3.63) is 11.6 Å². The zero-order chi connectivity index (χ0) is 22.6. The quantitative estimate of drug-likeness (QED) is 0.539. The van der Waals surface area contributed by atoms with Crippen molar-refractivity contribution in [2.75, 3.05) is 0 Å². The summed E-state index contributed by atoms with van der Waals surface area (Å²) in [5.74, 6) is 1.87. The largest absolute Gasteiger partial charge is 0.481 e. The predicted octanol–water partition coefficient (Wildman–Crippen LogP) is 5.84. The molecule has 0 aromatic carbocycles.